The maximum absolute atomic E-state index is 9.24. The molecule has 54 valence electrons. The Labute approximate surface area is 56.3 Å². The van der Waals surface area contributed by atoms with Crippen LogP contribution in [0.3, 0.4) is 0 Å². The minimum absolute atomic E-state index is 0.270. The van der Waals surface area contributed by atoms with E-state index >= 15 is 0 Å². The van der Waals surface area contributed by atoms with Gasteiger partial charge in [-0.05, 0) is 25.7 Å². The maximum atomic E-state index is 9.24. The van der Waals surface area contributed by atoms with Crippen LogP contribution in [-0.2, 0) is 0 Å². The fraction of sp³-hybridized carbons (Fsp3) is 1.00. The summed E-state index contributed by atoms with van der Waals surface area (Å²) in [5, 5.41) is 12.3. The number of nitrogens with one attached hydrogen (secondary N) is 1. The molecule has 0 aromatic rings. The van der Waals surface area contributed by atoms with Gasteiger partial charge in [0.15, 0.2) is 0 Å². The van der Waals surface area contributed by atoms with E-state index in [2.05, 4.69) is 19.2 Å². The molecule has 0 aromatic carbocycles. The van der Waals surface area contributed by atoms with Crippen LogP contribution in [-0.4, -0.2) is 17.4 Å². The van der Waals surface area contributed by atoms with Gasteiger partial charge in [0.25, 0.3) is 0 Å². The summed E-state index contributed by atoms with van der Waals surface area (Å²) in [6.07, 6.45) is 2.07. The van der Waals surface area contributed by atoms with Crippen molar-refractivity contribution in [3.8, 4) is 0 Å². The highest BCUT2D eigenvalue weighted by Gasteiger charge is 2.21. The van der Waals surface area contributed by atoms with Crippen molar-refractivity contribution in [2.45, 2.75) is 39.0 Å². The van der Waals surface area contributed by atoms with E-state index in [0.29, 0.717) is 12.0 Å². The third-order valence-corrected chi connectivity index (χ3v) is 2.05. The Bertz CT molecular complexity index is 94.9. The van der Waals surface area contributed by atoms with Crippen LogP contribution < -0.4 is 5.32 Å². The summed E-state index contributed by atoms with van der Waals surface area (Å²) in [6.45, 7) is 4.18. The predicted molar refractivity (Wildman–Crippen MR) is 37.0 cm³/mol. The number of hydrogen-bond acceptors (Lipinski definition) is 2. The number of aliphatic hydroxyl groups excluding tert-OH is 1. The lowest BCUT2D eigenvalue weighted by molar-refractivity contribution is 0.0420. The molecule has 0 bridgehead atoms. The van der Waals surface area contributed by atoms with Crippen molar-refractivity contribution in [1.29, 1.82) is 0 Å². The van der Waals surface area contributed by atoms with E-state index in [4.69, 9.17) is 0 Å². The number of rotatable bonds is 0. The Hall–Kier alpha value is -0.0800. The first kappa shape index (κ1) is 7.03. The molecule has 0 radical (unpaired) electrons. The maximum Gasteiger partial charge on any atom is 0.107 e. The molecule has 0 amide bonds. The molecule has 3 unspecified atom stereocenters. The normalized spacial score (nSPS) is 45.0. The Morgan fingerprint density at radius 3 is 2.44 bits per heavy atom. The summed E-state index contributed by atoms with van der Waals surface area (Å²) in [5.74, 6) is 0.432. The monoisotopic (exact) mass is 129 g/mol. The van der Waals surface area contributed by atoms with Gasteiger partial charge in [-0.25, -0.2) is 0 Å². The van der Waals surface area contributed by atoms with Crippen molar-refractivity contribution in [1.82, 2.24) is 5.32 Å². The molecule has 0 spiro atoms. The molecule has 2 nitrogen and oxygen atoms in total. The van der Waals surface area contributed by atoms with Gasteiger partial charge in [-0.3, -0.25) is 5.32 Å². The smallest absolute Gasteiger partial charge is 0.107 e. The fourth-order valence-corrected chi connectivity index (χ4v) is 1.21. The second-order valence-corrected chi connectivity index (χ2v) is 3.07. The summed E-state index contributed by atoms with van der Waals surface area (Å²) >= 11 is 0. The van der Waals surface area contributed by atoms with Crippen molar-refractivity contribution >= 4 is 0 Å². The molecule has 0 saturated carbocycles. The molecule has 1 fully saturated rings. The van der Waals surface area contributed by atoms with Gasteiger partial charge in [-0.2, -0.15) is 0 Å². The van der Waals surface area contributed by atoms with Crippen molar-refractivity contribution in [3.05, 3.63) is 0 Å². The molecule has 1 heterocycles. The molecule has 2 heteroatoms. The zero-order valence-electron chi connectivity index (χ0n) is 6.09. The van der Waals surface area contributed by atoms with E-state index < -0.39 is 0 Å². The summed E-state index contributed by atoms with van der Waals surface area (Å²) in [4.78, 5) is 0. The van der Waals surface area contributed by atoms with E-state index in [1.807, 2.05) is 0 Å². The largest absolute Gasteiger partial charge is 0.378 e. The molecule has 1 aliphatic rings. The zero-order chi connectivity index (χ0) is 6.85. The SMILES string of the molecule is CC1CCC(C)C(O)N1. The summed E-state index contributed by atoms with van der Waals surface area (Å²) in [7, 11) is 0. The minimum Gasteiger partial charge on any atom is -0.378 e. The molecule has 9 heavy (non-hydrogen) atoms. The number of piperidine rings is 1. The lowest BCUT2D eigenvalue weighted by atomic mass is 9.96. The van der Waals surface area contributed by atoms with Gasteiger partial charge < -0.3 is 5.11 Å². The molecule has 1 saturated heterocycles. The second-order valence-electron chi connectivity index (χ2n) is 3.07. The Morgan fingerprint density at radius 1 is 1.33 bits per heavy atom. The first-order chi connectivity index (χ1) is 4.20. The van der Waals surface area contributed by atoms with Crippen LogP contribution in [0.4, 0.5) is 0 Å². The zero-order valence-corrected chi connectivity index (χ0v) is 6.09. The fourth-order valence-electron chi connectivity index (χ4n) is 1.21. The summed E-state index contributed by atoms with van der Waals surface area (Å²) < 4.78 is 0. The highest BCUT2D eigenvalue weighted by Crippen LogP contribution is 2.16. The predicted octanol–water partition coefficient (Wildman–Crippen LogP) is 0.713. The highest BCUT2D eigenvalue weighted by atomic mass is 16.3. The van der Waals surface area contributed by atoms with Crippen molar-refractivity contribution in [3.63, 3.8) is 0 Å². The van der Waals surface area contributed by atoms with Crippen LogP contribution in [0.25, 0.3) is 0 Å². The molecule has 0 aliphatic carbocycles. The van der Waals surface area contributed by atoms with Gasteiger partial charge in [0.2, 0.25) is 0 Å². The topological polar surface area (TPSA) is 32.3 Å². The van der Waals surface area contributed by atoms with Crippen LogP contribution in [0.5, 0.6) is 0 Å². The van der Waals surface area contributed by atoms with Gasteiger partial charge in [-0.15, -0.1) is 0 Å². The highest BCUT2D eigenvalue weighted by molar-refractivity contribution is 4.75. The van der Waals surface area contributed by atoms with Gasteiger partial charge in [0.1, 0.15) is 6.23 Å². The lowest BCUT2D eigenvalue weighted by Gasteiger charge is -2.30. The van der Waals surface area contributed by atoms with E-state index in [-0.39, 0.29) is 6.23 Å². The Kier molecular flexibility index (Phi) is 2.09. The first-order valence-electron chi connectivity index (χ1n) is 3.64. The second kappa shape index (κ2) is 2.67. The van der Waals surface area contributed by atoms with Crippen molar-refractivity contribution in [2.24, 2.45) is 5.92 Å². The van der Waals surface area contributed by atoms with Crippen LogP contribution in [0, 0.1) is 5.92 Å². The van der Waals surface area contributed by atoms with E-state index in [9.17, 15) is 5.11 Å². The number of aliphatic hydroxyl groups is 1. The van der Waals surface area contributed by atoms with Crippen molar-refractivity contribution in [2.75, 3.05) is 0 Å². The standard InChI is InChI=1S/C7H15NO/c1-5-3-4-6(2)8-7(5)9/h5-9H,3-4H2,1-2H3. The molecular weight excluding hydrogens is 114 g/mol. The van der Waals surface area contributed by atoms with Crippen LogP contribution in [0.2, 0.25) is 0 Å². The number of hydrogen-bond donors (Lipinski definition) is 2. The minimum atomic E-state index is -0.270. The molecule has 1 rings (SSSR count). The average molecular weight is 129 g/mol. The third kappa shape index (κ3) is 1.66. The average Bonchev–Trinajstić information content (AvgIpc) is 1.80. The first-order valence-corrected chi connectivity index (χ1v) is 3.64. The van der Waals surface area contributed by atoms with Gasteiger partial charge >= 0.3 is 0 Å². The van der Waals surface area contributed by atoms with Crippen LogP contribution >= 0.6 is 0 Å². The Morgan fingerprint density at radius 2 is 2.00 bits per heavy atom. The molecular formula is C7H15NO. The quantitative estimate of drug-likeness (QED) is 0.505. The van der Waals surface area contributed by atoms with Gasteiger partial charge in [0.05, 0.1) is 0 Å². The third-order valence-electron chi connectivity index (χ3n) is 2.05. The summed E-state index contributed by atoms with van der Waals surface area (Å²) in [6, 6.07) is 0.496. The van der Waals surface area contributed by atoms with E-state index in [1.165, 1.54) is 6.42 Å². The van der Waals surface area contributed by atoms with Crippen LogP contribution in [0.15, 0.2) is 0 Å². The van der Waals surface area contributed by atoms with E-state index in [1.54, 1.807) is 0 Å². The van der Waals surface area contributed by atoms with Crippen molar-refractivity contribution < 1.29 is 5.11 Å². The van der Waals surface area contributed by atoms with E-state index in [0.717, 1.165) is 6.42 Å². The lowest BCUT2D eigenvalue weighted by Crippen LogP contribution is -2.45. The molecule has 2 N–H and O–H groups in total. The molecule has 3 atom stereocenters. The molecule has 0 aromatic heterocycles. The van der Waals surface area contributed by atoms with Gasteiger partial charge in [-0.1, -0.05) is 6.92 Å². The molecule has 1 aliphatic heterocycles. The Balaban J connectivity index is 2.35. The van der Waals surface area contributed by atoms with Crippen LogP contribution in [0.1, 0.15) is 26.7 Å². The summed E-state index contributed by atoms with van der Waals surface area (Å²) in [5.41, 5.74) is 0. The van der Waals surface area contributed by atoms with Gasteiger partial charge in [0, 0.05) is 6.04 Å².